The minimum Gasteiger partial charge on any atom is -0.494 e. The first-order chi connectivity index (χ1) is 11.2. The number of nitrogens with zero attached hydrogens (tertiary/aromatic N) is 1. The van der Waals surface area contributed by atoms with Crippen molar-refractivity contribution in [1.82, 2.24) is 4.90 Å². The third-order valence-electron chi connectivity index (χ3n) is 3.91. The summed E-state index contributed by atoms with van der Waals surface area (Å²) in [5.74, 6) is -1.25. The molecule has 1 aromatic rings. The molecule has 0 aromatic heterocycles. The van der Waals surface area contributed by atoms with Crippen LogP contribution in [-0.2, 0) is 9.53 Å². The molecule has 0 radical (unpaired) electrons. The Morgan fingerprint density at radius 2 is 1.92 bits per heavy atom. The van der Waals surface area contributed by atoms with Crippen molar-refractivity contribution < 1.29 is 24.2 Å². The summed E-state index contributed by atoms with van der Waals surface area (Å²) in [5, 5.41) is 9.58. The number of carbonyl (C=O) groups excluding carboxylic acids is 1. The van der Waals surface area contributed by atoms with Crippen molar-refractivity contribution in [2.75, 3.05) is 19.7 Å². The normalized spacial score (nSPS) is 20.8. The number of carboxylic acids is 1. The van der Waals surface area contributed by atoms with Crippen LogP contribution in [-0.4, -0.2) is 47.4 Å². The van der Waals surface area contributed by atoms with Gasteiger partial charge in [-0.2, -0.15) is 0 Å². The number of para-hydroxylation sites is 1. The maximum atomic E-state index is 12.3. The Kier molecular flexibility index (Phi) is 5.36. The smallest absolute Gasteiger partial charge is 0.410 e. The molecule has 1 amide bonds. The second-order valence-electron chi connectivity index (χ2n) is 6.91. The molecule has 6 nitrogen and oxygen atoms in total. The lowest BCUT2D eigenvalue weighted by molar-refractivity contribution is -0.141. The molecule has 1 aliphatic heterocycles. The molecule has 0 bridgehead atoms. The molecular formula is C18H25NO5. The number of rotatable bonds is 4. The summed E-state index contributed by atoms with van der Waals surface area (Å²) in [4.78, 5) is 25.5. The van der Waals surface area contributed by atoms with Crippen molar-refractivity contribution in [1.29, 1.82) is 0 Å². The quantitative estimate of drug-likeness (QED) is 0.915. The zero-order valence-electron chi connectivity index (χ0n) is 14.6. The first kappa shape index (κ1) is 18.1. The molecule has 1 N–H and O–H groups in total. The molecule has 2 atom stereocenters. The highest BCUT2D eigenvalue weighted by Crippen LogP contribution is 2.38. The van der Waals surface area contributed by atoms with Crippen molar-refractivity contribution in [3.63, 3.8) is 0 Å². The second-order valence-corrected chi connectivity index (χ2v) is 6.91. The number of hydrogen-bond acceptors (Lipinski definition) is 4. The van der Waals surface area contributed by atoms with Gasteiger partial charge in [0.05, 0.1) is 12.5 Å². The van der Waals surface area contributed by atoms with E-state index < -0.39 is 23.6 Å². The molecule has 2 rings (SSSR count). The van der Waals surface area contributed by atoms with E-state index in [2.05, 4.69) is 0 Å². The minimum absolute atomic E-state index is 0.134. The molecule has 132 valence electrons. The van der Waals surface area contributed by atoms with Gasteiger partial charge in [-0.3, -0.25) is 4.79 Å². The van der Waals surface area contributed by atoms with Gasteiger partial charge in [0.1, 0.15) is 11.4 Å². The Bertz CT molecular complexity index is 608. The average Bonchev–Trinajstić information content (AvgIpc) is 2.92. The summed E-state index contributed by atoms with van der Waals surface area (Å²) in [6.45, 7) is 8.18. The lowest BCUT2D eigenvalue weighted by atomic mass is 9.88. The Balaban J connectivity index is 2.26. The molecule has 1 saturated heterocycles. The highest BCUT2D eigenvalue weighted by atomic mass is 16.6. The van der Waals surface area contributed by atoms with Gasteiger partial charge >= 0.3 is 12.1 Å². The lowest BCUT2D eigenvalue weighted by Crippen LogP contribution is -2.35. The van der Waals surface area contributed by atoms with Crippen LogP contribution in [0, 0.1) is 5.92 Å². The van der Waals surface area contributed by atoms with Crippen LogP contribution >= 0.6 is 0 Å². The average molecular weight is 335 g/mol. The van der Waals surface area contributed by atoms with Gasteiger partial charge in [0.25, 0.3) is 0 Å². The zero-order chi connectivity index (χ0) is 17.9. The fraction of sp³-hybridized carbons (Fsp3) is 0.556. The van der Waals surface area contributed by atoms with Crippen LogP contribution in [0.4, 0.5) is 4.79 Å². The summed E-state index contributed by atoms with van der Waals surface area (Å²) in [6, 6.07) is 7.40. The molecule has 2 unspecified atom stereocenters. The van der Waals surface area contributed by atoms with Crippen LogP contribution in [0.15, 0.2) is 24.3 Å². The van der Waals surface area contributed by atoms with Gasteiger partial charge in [-0.25, -0.2) is 4.79 Å². The zero-order valence-corrected chi connectivity index (χ0v) is 14.6. The molecule has 0 spiro atoms. The topological polar surface area (TPSA) is 76.1 Å². The SMILES string of the molecule is CCOc1ccccc1C1CN(C(=O)OC(C)(C)C)CC1C(=O)O. The van der Waals surface area contributed by atoms with Crippen molar-refractivity contribution in [3.05, 3.63) is 29.8 Å². The van der Waals surface area contributed by atoms with Gasteiger partial charge < -0.3 is 19.5 Å². The number of amides is 1. The van der Waals surface area contributed by atoms with Crippen LogP contribution in [0.5, 0.6) is 5.75 Å². The Morgan fingerprint density at radius 1 is 1.25 bits per heavy atom. The molecule has 1 aromatic carbocycles. The predicted octanol–water partition coefficient (Wildman–Crippen LogP) is 3.12. The van der Waals surface area contributed by atoms with Gasteiger partial charge in [-0.1, -0.05) is 18.2 Å². The first-order valence-electron chi connectivity index (χ1n) is 8.15. The van der Waals surface area contributed by atoms with E-state index in [0.717, 1.165) is 5.56 Å². The van der Waals surface area contributed by atoms with E-state index in [1.807, 2.05) is 31.2 Å². The summed E-state index contributed by atoms with van der Waals surface area (Å²) < 4.78 is 11.0. The van der Waals surface area contributed by atoms with E-state index in [4.69, 9.17) is 9.47 Å². The first-order valence-corrected chi connectivity index (χ1v) is 8.15. The number of carboxylic acid groups (broad SMARTS) is 1. The van der Waals surface area contributed by atoms with Crippen LogP contribution in [0.2, 0.25) is 0 Å². The van der Waals surface area contributed by atoms with E-state index in [0.29, 0.717) is 18.9 Å². The van der Waals surface area contributed by atoms with Crippen LogP contribution in [0.1, 0.15) is 39.2 Å². The highest BCUT2D eigenvalue weighted by molar-refractivity contribution is 5.76. The van der Waals surface area contributed by atoms with Crippen molar-refractivity contribution >= 4 is 12.1 Å². The van der Waals surface area contributed by atoms with E-state index in [9.17, 15) is 14.7 Å². The summed E-state index contributed by atoms with van der Waals surface area (Å²) in [7, 11) is 0. The van der Waals surface area contributed by atoms with Gasteiger partial charge in [-0.05, 0) is 39.3 Å². The molecule has 1 aliphatic rings. The van der Waals surface area contributed by atoms with Gasteiger partial charge in [0, 0.05) is 19.0 Å². The molecule has 1 heterocycles. The van der Waals surface area contributed by atoms with Crippen LogP contribution < -0.4 is 4.74 Å². The molecule has 24 heavy (non-hydrogen) atoms. The summed E-state index contributed by atoms with van der Waals surface area (Å²) in [5.41, 5.74) is 0.203. The fourth-order valence-electron chi connectivity index (χ4n) is 2.92. The summed E-state index contributed by atoms with van der Waals surface area (Å²) >= 11 is 0. The number of benzene rings is 1. The maximum Gasteiger partial charge on any atom is 0.410 e. The Labute approximate surface area is 142 Å². The largest absolute Gasteiger partial charge is 0.494 e. The van der Waals surface area contributed by atoms with E-state index in [1.165, 1.54) is 4.90 Å². The number of carbonyl (C=O) groups is 2. The van der Waals surface area contributed by atoms with Gasteiger partial charge in [-0.15, -0.1) is 0 Å². The third kappa shape index (κ3) is 4.19. The van der Waals surface area contributed by atoms with E-state index >= 15 is 0 Å². The number of aliphatic carboxylic acids is 1. The number of hydrogen-bond donors (Lipinski definition) is 1. The van der Waals surface area contributed by atoms with Gasteiger partial charge in [0.15, 0.2) is 0 Å². The fourth-order valence-corrected chi connectivity index (χ4v) is 2.92. The van der Waals surface area contributed by atoms with E-state index in [-0.39, 0.29) is 12.5 Å². The third-order valence-corrected chi connectivity index (χ3v) is 3.91. The Hall–Kier alpha value is -2.24. The molecule has 6 heteroatoms. The van der Waals surface area contributed by atoms with Crippen molar-refractivity contribution in [3.8, 4) is 5.75 Å². The van der Waals surface area contributed by atoms with Crippen LogP contribution in [0.25, 0.3) is 0 Å². The second kappa shape index (κ2) is 7.11. The molecule has 0 saturated carbocycles. The standard InChI is InChI=1S/C18H25NO5/c1-5-23-15-9-7-6-8-12(15)13-10-19(11-14(13)16(20)21)17(22)24-18(2,3)4/h6-9,13-14H,5,10-11H2,1-4H3,(H,20,21). The van der Waals surface area contributed by atoms with Crippen LogP contribution in [0.3, 0.4) is 0 Å². The van der Waals surface area contributed by atoms with E-state index in [1.54, 1.807) is 20.8 Å². The molecule has 1 fully saturated rings. The van der Waals surface area contributed by atoms with Crippen molar-refractivity contribution in [2.24, 2.45) is 5.92 Å². The predicted molar refractivity (Wildman–Crippen MR) is 89.3 cm³/mol. The van der Waals surface area contributed by atoms with Crippen molar-refractivity contribution in [2.45, 2.75) is 39.2 Å². The minimum atomic E-state index is -0.919. The highest BCUT2D eigenvalue weighted by Gasteiger charge is 2.42. The monoisotopic (exact) mass is 335 g/mol. The molecular weight excluding hydrogens is 310 g/mol. The number of likely N-dealkylation sites (tertiary alicyclic amines) is 1. The summed E-state index contributed by atoms with van der Waals surface area (Å²) in [6.07, 6.45) is -0.481. The lowest BCUT2D eigenvalue weighted by Gasteiger charge is -2.24. The molecule has 0 aliphatic carbocycles. The number of ether oxygens (including phenoxy) is 2. The maximum absolute atomic E-state index is 12.3. The Morgan fingerprint density at radius 3 is 2.50 bits per heavy atom. The van der Waals surface area contributed by atoms with Gasteiger partial charge in [0.2, 0.25) is 0 Å².